The average molecular weight is 228 g/mol. The molecule has 0 radical (unpaired) electrons. The Morgan fingerprint density at radius 1 is 1.00 bits per heavy atom. The van der Waals surface area contributed by atoms with Crippen molar-refractivity contribution in [3.63, 3.8) is 0 Å². The van der Waals surface area contributed by atoms with Gasteiger partial charge in [0.2, 0.25) is 0 Å². The predicted molar refractivity (Wildman–Crippen MR) is 67.4 cm³/mol. The second kappa shape index (κ2) is 5.62. The van der Waals surface area contributed by atoms with Gasteiger partial charge in [-0.15, -0.1) is 0 Å². The van der Waals surface area contributed by atoms with E-state index in [4.69, 9.17) is 4.74 Å². The highest BCUT2D eigenvalue weighted by molar-refractivity contribution is 5.21. The third-order valence-electron chi connectivity index (χ3n) is 2.61. The highest BCUT2D eigenvalue weighted by atomic mass is 16.6. The Morgan fingerprint density at radius 3 is 2.29 bits per heavy atom. The zero-order valence-corrected chi connectivity index (χ0v) is 9.84. The molecule has 17 heavy (non-hydrogen) atoms. The zero-order chi connectivity index (χ0) is 12.1. The average Bonchev–Trinajstić information content (AvgIpc) is 2.39. The van der Waals surface area contributed by atoms with Gasteiger partial charge in [0.1, 0.15) is 0 Å². The molecule has 2 nitrogen and oxygen atoms in total. The van der Waals surface area contributed by atoms with Gasteiger partial charge in [0.25, 0.3) is 0 Å². The molecule has 0 aliphatic heterocycles. The summed E-state index contributed by atoms with van der Waals surface area (Å²) >= 11 is 0. The minimum atomic E-state index is -0.863. The fourth-order valence-corrected chi connectivity index (χ4v) is 1.57. The lowest BCUT2D eigenvalue weighted by Crippen LogP contribution is -2.03. The fraction of sp³-hybridized carbons (Fsp3) is 0.200. The second-order valence-electron chi connectivity index (χ2n) is 4.06. The zero-order valence-electron chi connectivity index (χ0n) is 9.84. The van der Waals surface area contributed by atoms with E-state index in [1.165, 1.54) is 5.56 Å². The van der Waals surface area contributed by atoms with E-state index in [9.17, 15) is 5.11 Å². The van der Waals surface area contributed by atoms with Crippen molar-refractivity contribution in [2.75, 3.05) is 0 Å². The van der Waals surface area contributed by atoms with Crippen molar-refractivity contribution < 1.29 is 9.84 Å². The van der Waals surface area contributed by atoms with Gasteiger partial charge in [0, 0.05) is 5.56 Å². The SMILES string of the molecule is Cc1ccc(COC(O)c2ccccc2)cc1. The van der Waals surface area contributed by atoms with E-state index in [1.54, 1.807) is 0 Å². The first-order valence-electron chi connectivity index (χ1n) is 5.66. The van der Waals surface area contributed by atoms with Crippen LogP contribution >= 0.6 is 0 Å². The Morgan fingerprint density at radius 2 is 1.65 bits per heavy atom. The number of aliphatic hydroxyl groups excluding tert-OH is 1. The van der Waals surface area contributed by atoms with Gasteiger partial charge in [-0.2, -0.15) is 0 Å². The first-order valence-corrected chi connectivity index (χ1v) is 5.66. The highest BCUT2D eigenvalue weighted by Crippen LogP contribution is 2.15. The van der Waals surface area contributed by atoms with Crippen LogP contribution < -0.4 is 0 Å². The smallest absolute Gasteiger partial charge is 0.181 e. The molecule has 88 valence electrons. The Kier molecular flexibility index (Phi) is 3.91. The molecule has 0 heterocycles. The summed E-state index contributed by atoms with van der Waals surface area (Å²) in [4.78, 5) is 0. The monoisotopic (exact) mass is 228 g/mol. The Balaban J connectivity index is 1.92. The van der Waals surface area contributed by atoms with E-state index in [0.717, 1.165) is 11.1 Å². The van der Waals surface area contributed by atoms with E-state index >= 15 is 0 Å². The maximum Gasteiger partial charge on any atom is 0.181 e. The highest BCUT2D eigenvalue weighted by Gasteiger charge is 2.06. The molecule has 2 aromatic rings. The van der Waals surface area contributed by atoms with E-state index in [0.29, 0.717) is 6.61 Å². The number of aliphatic hydroxyl groups is 1. The van der Waals surface area contributed by atoms with Crippen LogP contribution in [0.3, 0.4) is 0 Å². The quantitative estimate of drug-likeness (QED) is 0.814. The molecule has 1 atom stereocenters. The molecule has 0 aromatic heterocycles. The van der Waals surface area contributed by atoms with Crippen molar-refractivity contribution in [1.29, 1.82) is 0 Å². The molecule has 0 amide bonds. The van der Waals surface area contributed by atoms with Crippen molar-refractivity contribution in [3.05, 3.63) is 71.3 Å². The number of ether oxygens (including phenoxy) is 1. The van der Waals surface area contributed by atoms with Gasteiger partial charge in [-0.3, -0.25) is 0 Å². The van der Waals surface area contributed by atoms with Crippen LogP contribution in [0.15, 0.2) is 54.6 Å². The van der Waals surface area contributed by atoms with E-state index in [1.807, 2.05) is 61.5 Å². The van der Waals surface area contributed by atoms with Gasteiger partial charge in [0.15, 0.2) is 6.29 Å². The predicted octanol–water partition coefficient (Wildman–Crippen LogP) is 3.20. The summed E-state index contributed by atoms with van der Waals surface area (Å²) in [5.74, 6) is 0. The maximum absolute atomic E-state index is 9.81. The van der Waals surface area contributed by atoms with E-state index < -0.39 is 6.29 Å². The summed E-state index contributed by atoms with van der Waals surface area (Å²) < 4.78 is 5.41. The number of hydrogen-bond acceptors (Lipinski definition) is 2. The van der Waals surface area contributed by atoms with E-state index in [-0.39, 0.29) is 0 Å². The van der Waals surface area contributed by atoms with Crippen LogP contribution in [-0.4, -0.2) is 5.11 Å². The van der Waals surface area contributed by atoms with Crippen LogP contribution in [0.2, 0.25) is 0 Å². The normalized spacial score (nSPS) is 12.4. The number of hydrogen-bond donors (Lipinski definition) is 1. The van der Waals surface area contributed by atoms with Crippen molar-refractivity contribution in [3.8, 4) is 0 Å². The summed E-state index contributed by atoms with van der Waals surface area (Å²) in [6.07, 6.45) is -0.863. The molecule has 0 aliphatic carbocycles. The summed E-state index contributed by atoms with van der Waals surface area (Å²) in [5.41, 5.74) is 3.06. The van der Waals surface area contributed by atoms with Crippen LogP contribution in [0.1, 0.15) is 23.0 Å². The van der Waals surface area contributed by atoms with Crippen molar-refractivity contribution in [2.45, 2.75) is 19.8 Å². The Hall–Kier alpha value is -1.64. The van der Waals surface area contributed by atoms with Crippen LogP contribution in [0.4, 0.5) is 0 Å². The molecule has 2 heteroatoms. The molecule has 1 N–H and O–H groups in total. The fourth-order valence-electron chi connectivity index (χ4n) is 1.57. The van der Waals surface area contributed by atoms with Gasteiger partial charge in [-0.25, -0.2) is 0 Å². The molecule has 0 spiro atoms. The summed E-state index contributed by atoms with van der Waals surface area (Å²) in [7, 11) is 0. The summed E-state index contributed by atoms with van der Waals surface area (Å²) in [6, 6.07) is 17.5. The Labute approximate surface area is 101 Å². The van der Waals surface area contributed by atoms with Gasteiger partial charge in [-0.05, 0) is 12.5 Å². The molecule has 2 rings (SSSR count). The van der Waals surface area contributed by atoms with Crippen LogP contribution in [-0.2, 0) is 11.3 Å². The molecule has 0 saturated carbocycles. The minimum absolute atomic E-state index is 0.413. The van der Waals surface area contributed by atoms with Crippen LogP contribution in [0.5, 0.6) is 0 Å². The molecular weight excluding hydrogens is 212 g/mol. The molecule has 0 saturated heterocycles. The number of rotatable bonds is 4. The topological polar surface area (TPSA) is 29.5 Å². The molecular formula is C15H16O2. The molecule has 0 fully saturated rings. The summed E-state index contributed by atoms with van der Waals surface area (Å²) in [6.45, 7) is 2.46. The standard InChI is InChI=1S/C15H16O2/c1-12-7-9-13(10-8-12)11-17-15(16)14-5-3-2-4-6-14/h2-10,15-16H,11H2,1H3. The van der Waals surface area contributed by atoms with E-state index in [2.05, 4.69) is 0 Å². The third kappa shape index (κ3) is 3.41. The second-order valence-corrected chi connectivity index (χ2v) is 4.06. The maximum atomic E-state index is 9.81. The first-order chi connectivity index (χ1) is 8.25. The summed E-state index contributed by atoms with van der Waals surface area (Å²) in [5, 5.41) is 9.81. The molecule has 0 bridgehead atoms. The van der Waals surface area contributed by atoms with Gasteiger partial charge in [0.05, 0.1) is 6.61 Å². The van der Waals surface area contributed by atoms with Crippen molar-refractivity contribution in [1.82, 2.24) is 0 Å². The molecule has 1 unspecified atom stereocenters. The third-order valence-corrected chi connectivity index (χ3v) is 2.61. The largest absolute Gasteiger partial charge is 0.364 e. The van der Waals surface area contributed by atoms with Gasteiger partial charge < -0.3 is 9.84 Å². The van der Waals surface area contributed by atoms with Gasteiger partial charge in [-0.1, -0.05) is 60.2 Å². The minimum Gasteiger partial charge on any atom is -0.364 e. The van der Waals surface area contributed by atoms with Crippen molar-refractivity contribution in [2.24, 2.45) is 0 Å². The van der Waals surface area contributed by atoms with Crippen molar-refractivity contribution >= 4 is 0 Å². The van der Waals surface area contributed by atoms with Crippen LogP contribution in [0.25, 0.3) is 0 Å². The number of aryl methyl sites for hydroxylation is 1. The number of benzene rings is 2. The first kappa shape index (κ1) is 11.8. The van der Waals surface area contributed by atoms with Gasteiger partial charge >= 0.3 is 0 Å². The molecule has 2 aromatic carbocycles. The molecule has 0 aliphatic rings. The lowest BCUT2D eigenvalue weighted by Gasteiger charge is -2.12. The lowest BCUT2D eigenvalue weighted by molar-refractivity contribution is -0.111. The van der Waals surface area contributed by atoms with Crippen LogP contribution in [0, 0.1) is 6.92 Å². The lowest BCUT2D eigenvalue weighted by atomic mass is 10.2. The Bertz CT molecular complexity index is 448.